The summed E-state index contributed by atoms with van der Waals surface area (Å²) in [4.78, 5) is 0. The molecule has 0 aliphatic heterocycles. The van der Waals surface area contributed by atoms with Crippen molar-refractivity contribution in [1.82, 2.24) is 0 Å². The average Bonchev–Trinajstić information content (AvgIpc) is 1.87. The van der Waals surface area contributed by atoms with Gasteiger partial charge in [-0.05, 0) is 19.8 Å². The molecular formula is C6H10O. The third-order valence-corrected chi connectivity index (χ3v) is 1.30. The molecule has 0 aromatic carbocycles. The highest BCUT2D eigenvalue weighted by Gasteiger charge is 2.08. The van der Waals surface area contributed by atoms with Crippen LogP contribution >= 0.6 is 0 Å². The maximum absolute atomic E-state index is 8.85. The molecule has 1 atom stereocenters. The van der Waals surface area contributed by atoms with Crippen molar-refractivity contribution >= 4 is 0 Å². The predicted molar refractivity (Wildman–Crippen MR) is 29.0 cm³/mol. The highest BCUT2D eigenvalue weighted by molar-refractivity contribution is 5.06. The summed E-state index contributed by atoms with van der Waals surface area (Å²) in [6, 6.07) is 0. The van der Waals surface area contributed by atoms with Gasteiger partial charge in [-0.1, -0.05) is 11.6 Å². The summed E-state index contributed by atoms with van der Waals surface area (Å²) >= 11 is 0. The van der Waals surface area contributed by atoms with Gasteiger partial charge in [-0.2, -0.15) is 0 Å². The van der Waals surface area contributed by atoms with E-state index in [2.05, 4.69) is 13.0 Å². The predicted octanol–water partition coefficient (Wildman–Crippen LogP) is 1.09. The summed E-state index contributed by atoms with van der Waals surface area (Å²) in [7, 11) is 0. The quantitative estimate of drug-likeness (QED) is 0.449. The zero-order valence-electron chi connectivity index (χ0n) is 4.52. The van der Waals surface area contributed by atoms with E-state index in [1.807, 2.05) is 0 Å². The van der Waals surface area contributed by atoms with Crippen molar-refractivity contribution in [1.29, 1.82) is 0 Å². The van der Waals surface area contributed by atoms with Crippen LogP contribution in [0.1, 0.15) is 19.8 Å². The van der Waals surface area contributed by atoms with Crippen LogP contribution in [0.5, 0.6) is 0 Å². The van der Waals surface area contributed by atoms with Gasteiger partial charge in [0.25, 0.3) is 0 Å². The van der Waals surface area contributed by atoms with Crippen LogP contribution in [-0.2, 0) is 0 Å². The second-order valence-electron chi connectivity index (χ2n) is 2.14. The standard InChI is InChI=1S/C6H10O/c1-5-2-3-6(7)4-5/h2,6-7H,3-4H2,1H3. The van der Waals surface area contributed by atoms with Crippen molar-refractivity contribution < 1.29 is 5.11 Å². The second kappa shape index (κ2) is 1.66. The average molecular weight is 98.1 g/mol. The first-order valence-corrected chi connectivity index (χ1v) is 2.63. The third kappa shape index (κ3) is 1.03. The maximum atomic E-state index is 8.85. The van der Waals surface area contributed by atoms with Gasteiger partial charge in [-0.3, -0.25) is 0 Å². The Bertz CT molecular complexity index is 94.4. The molecule has 0 aromatic rings. The first-order chi connectivity index (χ1) is 3.29. The van der Waals surface area contributed by atoms with Crippen LogP contribution in [0.4, 0.5) is 0 Å². The second-order valence-corrected chi connectivity index (χ2v) is 2.14. The molecule has 40 valence electrons. The minimum absolute atomic E-state index is 0.0694. The van der Waals surface area contributed by atoms with Crippen molar-refractivity contribution in [2.24, 2.45) is 0 Å². The number of rotatable bonds is 0. The van der Waals surface area contributed by atoms with Crippen molar-refractivity contribution in [3.8, 4) is 0 Å². The highest BCUT2D eigenvalue weighted by atomic mass is 16.3. The minimum Gasteiger partial charge on any atom is -0.392 e. The number of hydrogen-bond donors (Lipinski definition) is 1. The molecule has 1 unspecified atom stereocenters. The van der Waals surface area contributed by atoms with E-state index in [4.69, 9.17) is 5.11 Å². The fourth-order valence-corrected chi connectivity index (χ4v) is 0.876. The van der Waals surface area contributed by atoms with Crippen LogP contribution in [0.15, 0.2) is 11.6 Å². The van der Waals surface area contributed by atoms with Gasteiger partial charge < -0.3 is 5.11 Å². The Balaban J connectivity index is 2.42. The summed E-state index contributed by atoms with van der Waals surface area (Å²) in [5.41, 5.74) is 1.33. The van der Waals surface area contributed by atoms with E-state index in [0.717, 1.165) is 12.8 Å². The molecule has 1 rings (SSSR count). The van der Waals surface area contributed by atoms with Gasteiger partial charge >= 0.3 is 0 Å². The van der Waals surface area contributed by atoms with Crippen LogP contribution in [-0.4, -0.2) is 11.2 Å². The van der Waals surface area contributed by atoms with Gasteiger partial charge in [-0.15, -0.1) is 0 Å². The fraction of sp³-hybridized carbons (Fsp3) is 0.667. The zero-order chi connectivity index (χ0) is 5.28. The van der Waals surface area contributed by atoms with Crippen molar-refractivity contribution in [3.05, 3.63) is 11.6 Å². The van der Waals surface area contributed by atoms with Gasteiger partial charge in [0.15, 0.2) is 0 Å². The van der Waals surface area contributed by atoms with Crippen LogP contribution in [0, 0.1) is 0 Å². The molecule has 0 amide bonds. The molecule has 1 nitrogen and oxygen atoms in total. The van der Waals surface area contributed by atoms with Crippen LogP contribution in [0.2, 0.25) is 0 Å². The molecule has 0 saturated heterocycles. The lowest BCUT2D eigenvalue weighted by molar-refractivity contribution is 0.188. The van der Waals surface area contributed by atoms with E-state index < -0.39 is 0 Å². The first-order valence-electron chi connectivity index (χ1n) is 2.63. The minimum atomic E-state index is -0.0694. The van der Waals surface area contributed by atoms with Crippen molar-refractivity contribution in [2.45, 2.75) is 25.9 Å². The Labute approximate surface area is 43.7 Å². The summed E-state index contributed by atoms with van der Waals surface area (Å²) < 4.78 is 0. The Kier molecular flexibility index (Phi) is 1.15. The maximum Gasteiger partial charge on any atom is 0.0611 e. The van der Waals surface area contributed by atoms with Crippen LogP contribution < -0.4 is 0 Å². The normalized spacial score (nSPS) is 30.6. The van der Waals surface area contributed by atoms with E-state index in [9.17, 15) is 0 Å². The number of aliphatic hydroxyl groups is 1. The lowest BCUT2D eigenvalue weighted by atomic mass is 10.2. The zero-order valence-corrected chi connectivity index (χ0v) is 4.52. The number of aliphatic hydroxyl groups excluding tert-OH is 1. The van der Waals surface area contributed by atoms with Crippen molar-refractivity contribution in [2.75, 3.05) is 0 Å². The van der Waals surface area contributed by atoms with Gasteiger partial charge in [0, 0.05) is 0 Å². The van der Waals surface area contributed by atoms with Gasteiger partial charge in [0.2, 0.25) is 0 Å². The molecule has 0 bridgehead atoms. The fourth-order valence-electron chi connectivity index (χ4n) is 0.876. The molecule has 1 N–H and O–H groups in total. The highest BCUT2D eigenvalue weighted by Crippen LogP contribution is 2.16. The van der Waals surface area contributed by atoms with E-state index in [1.54, 1.807) is 0 Å². The monoisotopic (exact) mass is 98.1 g/mol. The smallest absolute Gasteiger partial charge is 0.0611 e. The molecular weight excluding hydrogens is 88.1 g/mol. The molecule has 7 heavy (non-hydrogen) atoms. The summed E-state index contributed by atoms with van der Waals surface area (Å²) in [6.45, 7) is 2.05. The molecule has 0 heterocycles. The van der Waals surface area contributed by atoms with Crippen LogP contribution in [0.3, 0.4) is 0 Å². The summed E-state index contributed by atoms with van der Waals surface area (Å²) in [5.74, 6) is 0. The van der Waals surface area contributed by atoms with Gasteiger partial charge in [0.05, 0.1) is 6.10 Å². The van der Waals surface area contributed by atoms with Gasteiger partial charge in [-0.25, -0.2) is 0 Å². The molecule has 0 saturated carbocycles. The molecule has 1 aliphatic carbocycles. The van der Waals surface area contributed by atoms with Crippen LogP contribution in [0.25, 0.3) is 0 Å². The number of hydrogen-bond acceptors (Lipinski definition) is 1. The van der Waals surface area contributed by atoms with Crippen molar-refractivity contribution in [3.63, 3.8) is 0 Å². The Morgan fingerprint density at radius 2 is 2.57 bits per heavy atom. The van der Waals surface area contributed by atoms with E-state index in [-0.39, 0.29) is 6.10 Å². The van der Waals surface area contributed by atoms with E-state index in [1.165, 1.54) is 5.57 Å². The molecule has 0 radical (unpaired) electrons. The van der Waals surface area contributed by atoms with E-state index in [0.29, 0.717) is 0 Å². The largest absolute Gasteiger partial charge is 0.392 e. The summed E-state index contributed by atoms with van der Waals surface area (Å²) in [5, 5.41) is 8.85. The van der Waals surface area contributed by atoms with Gasteiger partial charge in [0.1, 0.15) is 0 Å². The molecule has 0 spiro atoms. The molecule has 1 heteroatoms. The SMILES string of the molecule is CC1=CCC(O)C1. The van der Waals surface area contributed by atoms with E-state index >= 15 is 0 Å². The molecule has 1 aliphatic rings. The third-order valence-electron chi connectivity index (χ3n) is 1.30. The summed E-state index contributed by atoms with van der Waals surface area (Å²) in [6.07, 6.45) is 3.77. The Morgan fingerprint density at radius 1 is 1.86 bits per heavy atom. The molecule has 0 aromatic heterocycles. The molecule has 0 fully saturated rings. The lowest BCUT2D eigenvalue weighted by Crippen LogP contribution is -1.97. The topological polar surface area (TPSA) is 20.2 Å². The Morgan fingerprint density at radius 3 is 2.71 bits per heavy atom. The Hall–Kier alpha value is -0.300. The first kappa shape index (κ1) is 4.85. The lowest BCUT2D eigenvalue weighted by Gasteiger charge is -1.94.